The van der Waals surface area contributed by atoms with Gasteiger partial charge in [-0.05, 0) is 43.7 Å². The first kappa shape index (κ1) is 17.6. The largest absolute Gasteiger partial charge is 0.490 e. The first-order valence-electron chi connectivity index (χ1n) is 9.49. The lowest BCUT2D eigenvalue weighted by atomic mass is 9.89. The van der Waals surface area contributed by atoms with Gasteiger partial charge in [0, 0.05) is 12.0 Å². The molecule has 27 heavy (non-hydrogen) atoms. The van der Waals surface area contributed by atoms with Gasteiger partial charge >= 0.3 is 0 Å². The zero-order chi connectivity index (χ0) is 18.8. The molecule has 0 unspecified atom stereocenters. The van der Waals surface area contributed by atoms with Crippen molar-refractivity contribution in [1.29, 1.82) is 0 Å². The van der Waals surface area contributed by atoms with Gasteiger partial charge in [-0.3, -0.25) is 4.79 Å². The Hall–Kier alpha value is -2.79. The van der Waals surface area contributed by atoms with Crippen molar-refractivity contribution >= 4 is 11.0 Å². The molecule has 0 amide bonds. The van der Waals surface area contributed by atoms with Crippen molar-refractivity contribution < 1.29 is 19.2 Å². The van der Waals surface area contributed by atoms with Gasteiger partial charge in [0.25, 0.3) is 0 Å². The summed E-state index contributed by atoms with van der Waals surface area (Å²) >= 11 is 0. The monoisotopic (exact) mass is 366 g/mol. The quantitative estimate of drug-likeness (QED) is 0.754. The SMILES string of the molecule is CCOc1cc2c(cc1OCC)[C@H](c1coc3ccccc3c1=O)[NH2+]CC2. The van der Waals surface area contributed by atoms with Crippen molar-refractivity contribution in [1.82, 2.24) is 0 Å². The highest BCUT2D eigenvalue weighted by Crippen LogP contribution is 2.35. The Morgan fingerprint density at radius 2 is 1.81 bits per heavy atom. The number of rotatable bonds is 5. The van der Waals surface area contributed by atoms with Crippen LogP contribution in [0.4, 0.5) is 0 Å². The molecular weight excluding hydrogens is 342 g/mol. The van der Waals surface area contributed by atoms with Crippen LogP contribution in [0.3, 0.4) is 0 Å². The number of ether oxygens (including phenoxy) is 2. The minimum absolute atomic E-state index is 0.0257. The number of hydrogen-bond donors (Lipinski definition) is 1. The Kier molecular flexibility index (Phi) is 4.86. The molecule has 0 fully saturated rings. The molecule has 2 aromatic carbocycles. The fourth-order valence-electron chi connectivity index (χ4n) is 3.79. The summed E-state index contributed by atoms with van der Waals surface area (Å²) in [7, 11) is 0. The summed E-state index contributed by atoms with van der Waals surface area (Å²) in [5, 5.41) is 2.81. The minimum Gasteiger partial charge on any atom is -0.490 e. The summed E-state index contributed by atoms with van der Waals surface area (Å²) in [6, 6.07) is 11.4. The van der Waals surface area contributed by atoms with Crippen molar-refractivity contribution in [2.75, 3.05) is 19.8 Å². The highest BCUT2D eigenvalue weighted by molar-refractivity contribution is 5.76. The molecule has 140 valence electrons. The molecule has 0 saturated carbocycles. The van der Waals surface area contributed by atoms with Crippen molar-refractivity contribution in [3.63, 3.8) is 0 Å². The van der Waals surface area contributed by atoms with Crippen LogP contribution in [0.25, 0.3) is 11.0 Å². The van der Waals surface area contributed by atoms with Gasteiger partial charge in [-0.2, -0.15) is 0 Å². The summed E-state index contributed by atoms with van der Waals surface area (Å²) in [6.45, 7) is 5.97. The van der Waals surface area contributed by atoms with Gasteiger partial charge in [0.2, 0.25) is 5.43 Å². The smallest absolute Gasteiger partial charge is 0.202 e. The van der Waals surface area contributed by atoms with E-state index in [0.717, 1.165) is 30.0 Å². The van der Waals surface area contributed by atoms with Crippen LogP contribution >= 0.6 is 0 Å². The van der Waals surface area contributed by atoms with Crippen LogP contribution in [-0.4, -0.2) is 19.8 Å². The molecule has 0 spiro atoms. The standard InChI is InChI=1S/C22H23NO4/c1-3-25-19-11-14-9-10-23-21(16(14)12-20(19)26-4-2)17-13-27-18-8-6-5-7-15(18)22(17)24/h5-8,11-13,21,23H,3-4,9-10H2,1-2H3/p+1/t21-/m1/s1. The molecule has 3 aromatic rings. The van der Waals surface area contributed by atoms with Crippen LogP contribution in [0.15, 0.2) is 51.9 Å². The van der Waals surface area contributed by atoms with Crippen LogP contribution < -0.4 is 20.2 Å². The van der Waals surface area contributed by atoms with Gasteiger partial charge < -0.3 is 19.2 Å². The molecule has 0 radical (unpaired) electrons. The lowest BCUT2D eigenvalue weighted by Crippen LogP contribution is -2.87. The fraction of sp³-hybridized carbons (Fsp3) is 0.318. The number of benzene rings is 2. The topological polar surface area (TPSA) is 65.3 Å². The van der Waals surface area contributed by atoms with Crippen LogP contribution in [0.5, 0.6) is 11.5 Å². The van der Waals surface area contributed by atoms with Gasteiger partial charge in [0.05, 0.1) is 30.7 Å². The minimum atomic E-state index is -0.107. The zero-order valence-corrected chi connectivity index (χ0v) is 15.7. The number of para-hydroxylation sites is 1. The predicted octanol–water partition coefficient (Wildman–Crippen LogP) is 2.80. The third-order valence-corrected chi connectivity index (χ3v) is 5.00. The van der Waals surface area contributed by atoms with E-state index in [1.807, 2.05) is 44.2 Å². The average molecular weight is 366 g/mol. The Morgan fingerprint density at radius 3 is 2.59 bits per heavy atom. The third kappa shape index (κ3) is 3.19. The molecule has 0 aliphatic carbocycles. The molecule has 1 aromatic heterocycles. The molecule has 2 N–H and O–H groups in total. The van der Waals surface area contributed by atoms with E-state index in [1.165, 1.54) is 5.56 Å². The molecule has 5 heteroatoms. The highest BCUT2D eigenvalue weighted by Gasteiger charge is 2.30. The van der Waals surface area contributed by atoms with Gasteiger partial charge in [0.15, 0.2) is 11.5 Å². The van der Waals surface area contributed by atoms with Crippen molar-refractivity contribution in [2.24, 2.45) is 0 Å². The average Bonchev–Trinajstić information content (AvgIpc) is 2.69. The lowest BCUT2D eigenvalue weighted by Gasteiger charge is -2.25. The van der Waals surface area contributed by atoms with Crippen molar-refractivity contribution in [3.8, 4) is 11.5 Å². The Bertz CT molecular complexity index is 1020. The Balaban J connectivity index is 1.85. The van der Waals surface area contributed by atoms with E-state index in [1.54, 1.807) is 6.26 Å². The molecule has 1 aliphatic heterocycles. The molecule has 5 nitrogen and oxygen atoms in total. The van der Waals surface area contributed by atoms with E-state index >= 15 is 0 Å². The molecule has 1 aliphatic rings. The van der Waals surface area contributed by atoms with Crippen molar-refractivity contribution in [3.05, 3.63) is 69.6 Å². The fourth-order valence-corrected chi connectivity index (χ4v) is 3.79. The molecule has 2 heterocycles. The number of quaternary nitrogens is 1. The lowest BCUT2D eigenvalue weighted by molar-refractivity contribution is -0.690. The highest BCUT2D eigenvalue weighted by atomic mass is 16.5. The summed E-state index contributed by atoms with van der Waals surface area (Å²) in [5.74, 6) is 1.49. The summed E-state index contributed by atoms with van der Waals surface area (Å²) in [6.07, 6.45) is 2.54. The zero-order valence-electron chi connectivity index (χ0n) is 15.7. The van der Waals surface area contributed by atoms with Gasteiger partial charge in [-0.1, -0.05) is 12.1 Å². The summed E-state index contributed by atoms with van der Waals surface area (Å²) < 4.78 is 17.3. The molecule has 0 bridgehead atoms. The number of fused-ring (bicyclic) bond motifs is 2. The second-order valence-electron chi connectivity index (χ2n) is 6.63. The maximum Gasteiger partial charge on any atom is 0.202 e. The molecular formula is C22H24NO4+. The number of nitrogens with two attached hydrogens (primary N) is 1. The van der Waals surface area contributed by atoms with Crippen LogP contribution in [0.1, 0.15) is 36.6 Å². The first-order valence-corrected chi connectivity index (χ1v) is 9.49. The van der Waals surface area contributed by atoms with E-state index in [-0.39, 0.29) is 11.5 Å². The van der Waals surface area contributed by atoms with E-state index < -0.39 is 0 Å². The normalized spacial score (nSPS) is 16.1. The maximum atomic E-state index is 13.1. The second-order valence-corrected chi connectivity index (χ2v) is 6.63. The Morgan fingerprint density at radius 1 is 1.07 bits per heavy atom. The number of hydrogen-bond acceptors (Lipinski definition) is 4. The van der Waals surface area contributed by atoms with E-state index in [4.69, 9.17) is 13.9 Å². The Labute approximate surface area is 157 Å². The second kappa shape index (κ2) is 7.45. The third-order valence-electron chi connectivity index (χ3n) is 5.00. The molecule has 0 saturated heterocycles. The van der Waals surface area contributed by atoms with Gasteiger partial charge in [-0.25, -0.2) is 0 Å². The van der Waals surface area contributed by atoms with Crippen LogP contribution in [0, 0.1) is 0 Å². The van der Waals surface area contributed by atoms with Gasteiger partial charge in [-0.15, -0.1) is 0 Å². The summed E-state index contributed by atoms with van der Waals surface area (Å²) in [4.78, 5) is 13.1. The molecule has 4 rings (SSSR count). The van der Waals surface area contributed by atoms with E-state index in [0.29, 0.717) is 29.7 Å². The predicted molar refractivity (Wildman–Crippen MR) is 104 cm³/mol. The summed E-state index contributed by atoms with van der Waals surface area (Å²) in [5.41, 5.74) is 3.60. The van der Waals surface area contributed by atoms with E-state index in [2.05, 4.69) is 11.4 Å². The van der Waals surface area contributed by atoms with Crippen LogP contribution in [0.2, 0.25) is 0 Å². The first-order chi connectivity index (χ1) is 13.2. The van der Waals surface area contributed by atoms with Crippen LogP contribution in [-0.2, 0) is 6.42 Å². The van der Waals surface area contributed by atoms with Gasteiger partial charge in [0.1, 0.15) is 17.9 Å². The molecule has 1 atom stereocenters. The van der Waals surface area contributed by atoms with Crippen molar-refractivity contribution in [2.45, 2.75) is 26.3 Å². The van der Waals surface area contributed by atoms with E-state index in [9.17, 15) is 4.79 Å². The maximum absolute atomic E-state index is 13.1.